The molecule has 1 fully saturated rings. The van der Waals surface area contributed by atoms with Crippen molar-refractivity contribution in [3.63, 3.8) is 0 Å². The molecule has 0 aliphatic carbocycles. The zero-order valence-corrected chi connectivity index (χ0v) is 22.7. The minimum Gasteiger partial charge on any atom is -0.367 e. The number of amides is 1. The van der Waals surface area contributed by atoms with Crippen molar-refractivity contribution in [3.05, 3.63) is 102 Å². The van der Waals surface area contributed by atoms with Crippen molar-refractivity contribution in [1.29, 1.82) is 5.26 Å². The van der Waals surface area contributed by atoms with Gasteiger partial charge >= 0.3 is 0 Å². The number of piperidine rings is 1. The standard InChI is InChI=1S/C32H27FN8O/c33-28-30-23(18-37-31(28)32(35)42)16-25(21-4-2-1-3-5-21)29(40-30)22-8-6-20(7-9-22)19-41-14-11-24(12-15-41)38-26-10-13-36-27(17-34)39-26/h1-10,13,16,18,24H,11-12,14-15,19H2,(H2,35,42)(H,36,38,39). The fraction of sp³-hybridized carbons (Fsp3) is 0.188. The van der Waals surface area contributed by atoms with Gasteiger partial charge in [0, 0.05) is 54.6 Å². The van der Waals surface area contributed by atoms with Crippen LogP contribution >= 0.6 is 0 Å². The number of hydrogen-bond donors (Lipinski definition) is 2. The van der Waals surface area contributed by atoms with E-state index in [9.17, 15) is 4.79 Å². The molecule has 2 aromatic carbocycles. The molecule has 0 saturated carbocycles. The van der Waals surface area contributed by atoms with Gasteiger partial charge in [-0.3, -0.25) is 9.69 Å². The Morgan fingerprint density at radius 1 is 1.02 bits per heavy atom. The van der Waals surface area contributed by atoms with Gasteiger partial charge in [0.25, 0.3) is 5.91 Å². The Labute approximate surface area is 241 Å². The molecule has 1 saturated heterocycles. The highest BCUT2D eigenvalue weighted by molar-refractivity contribution is 5.97. The molecule has 1 aliphatic rings. The number of carbonyl (C=O) groups excluding carboxylic acids is 1. The molecule has 9 nitrogen and oxygen atoms in total. The number of nitrogens with zero attached hydrogens (tertiary/aromatic N) is 6. The first-order valence-corrected chi connectivity index (χ1v) is 13.6. The monoisotopic (exact) mass is 558 g/mol. The van der Waals surface area contributed by atoms with E-state index < -0.39 is 17.4 Å². The van der Waals surface area contributed by atoms with Crippen LogP contribution in [0.5, 0.6) is 0 Å². The van der Waals surface area contributed by atoms with Crippen LogP contribution in [-0.2, 0) is 6.54 Å². The largest absolute Gasteiger partial charge is 0.367 e. The topological polar surface area (TPSA) is 134 Å². The molecule has 4 heterocycles. The summed E-state index contributed by atoms with van der Waals surface area (Å²) in [5.74, 6) is -0.917. The van der Waals surface area contributed by atoms with Gasteiger partial charge < -0.3 is 11.1 Å². The van der Waals surface area contributed by atoms with Crippen LogP contribution in [0.1, 0.15) is 34.7 Å². The van der Waals surface area contributed by atoms with Gasteiger partial charge in [-0.1, -0.05) is 54.6 Å². The van der Waals surface area contributed by atoms with Crippen LogP contribution in [0.4, 0.5) is 10.2 Å². The summed E-state index contributed by atoms with van der Waals surface area (Å²) in [6.45, 7) is 2.66. The van der Waals surface area contributed by atoms with E-state index in [0.717, 1.165) is 54.7 Å². The molecule has 42 heavy (non-hydrogen) atoms. The molecule has 208 valence electrons. The lowest BCUT2D eigenvalue weighted by Gasteiger charge is -2.32. The first-order chi connectivity index (χ1) is 20.5. The average Bonchev–Trinajstić information content (AvgIpc) is 3.02. The summed E-state index contributed by atoms with van der Waals surface area (Å²) in [7, 11) is 0. The molecule has 6 rings (SSSR count). The van der Waals surface area contributed by atoms with Crippen molar-refractivity contribution in [1.82, 2.24) is 24.8 Å². The number of likely N-dealkylation sites (tertiary alicyclic amines) is 1. The first-order valence-electron chi connectivity index (χ1n) is 13.6. The number of fused-ring (bicyclic) bond motifs is 1. The highest BCUT2D eigenvalue weighted by Crippen LogP contribution is 2.34. The lowest BCUT2D eigenvalue weighted by Crippen LogP contribution is -2.38. The number of rotatable bonds is 7. The van der Waals surface area contributed by atoms with E-state index in [1.54, 1.807) is 12.3 Å². The van der Waals surface area contributed by atoms with E-state index >= 15 is 4.39 Å². The quantitative estimate of drug-likeness (QED) is 0.287. The summed E-state index contributed by atoms with van der Waals surface area (Å²) in [5, 5.41) is 12.9. The third-order valence-electron chi connectivity index (χ3n) is 7.45. The van der Waals surface area contributed by atoms with Crippen molar-refractivity contribution in [2.24, 2.45) is 5.73 Å². The van der Waals surface area contributed by atoms with Crippen molar-refractivity contribution < 1.29 is 9.18 Å². The van der Waals surface area contributed by atoms with Crippen molar-refractivity contribution in [3.8, 4) is 28.5 Å². The third-order valence-corrected chi connectivity index (χ3v) is 7.45. The number of carbonyl (C=O) groups is 1. The van der Waals surface area contributed by atoms with Gasteiger partial charge in [0.2, 0.25) is 5.82 Å². The molecule has 0 spiro atoms. The number of primary amides is 1. The van der Waals surface area contributed by atoms with Crippen LogP contribution in [-0.4, -0.2) is 49.9 Å². The number of nitriles is 1. The van der Waals surface area contributed by atoms with Crippen LogP contribution in [0.25, 0.3) is 33.3 Å². The van der Waals surface area contributed by atoms with Crippen LogP contribution in [0.2, 0.25) is 0 Å². The van der Waals surface area contributed by atoms with Gasteiger partial charge in [0.15, 0.2) is 11.5 Å². The summed E-state index contributed by atoms with van der Waals surface area (Å²) < 4.78 is 15.2. The van der Waals surface area contributed by atoms with Crippen LogP contribution in [0.15, 0.2) is 79.1 Å². The van der Waals surface area contributed by atoms with Crippen molar-refractivity contribution >= 4 is 22.6 Å². The van der Waals surface area contributed by atoms with Crippen LogP contribution < -0.4 is 11.1 Å². The molecule has 10 heteroatoms. The molecular formula is C32H27FN8O. The molecule has 0 unspecified atom stereocenters. The highest BCUT2D eigenvalue weighted by atomic mass is 19.1. The minimum absolute atomic E-state index is 0.0554. The number of halogens is 1. The number of hydrogen-bond acceptors (Lipinski definition) is 8. The van der Waals surface area contributed by atoms with Crippen LogP contribution in [0.3, 0.4) is 0 Å². The summed E-state index contributed by atoms with van der Waals surface area (Å²) in [4.78, 5) is 30.9. The van der Waals surface area contributed by atoms with Gasteiger partial charge in [0.1, 0.15) is 17.4 Å². The van der Waals surface area contributed by atoms with E-state index in [1.165, 1.54) is 6.20 Å². The number of nitrogens with two attached hydrogens (primary N) is 1. The van der Waals surface area contributed by atoms with E-state index in [0.29, 0.717) is 16.9 Å². The number of nitrogens with one attached hydrogen (secondary N) is 1. The highest BCUT2D eigenvalue weighted by Gasteiger charge is 2.21. The van der Waals surface area contributed by atoms with Crippen molar-refractivity contribution in [2.75, 3.05) is 18.4 Å². The Balaban J connectivity index is 1.21. The van der Waals surface area contributed by atoms with Crippen LogP contribution in [0, 0.1) is 17.1 Å². The van der Waals surface area contributed by atoms with E-state index in [4.69, 9.17) is 16.0 Å². The smallest absolute Gasteiger partial charge is 0.270 e. The van der Waals surface area contributed by atoms with Gasteiger partial charge in [-0.15, -0.1) is 0 Å². The molecule has 3 N–H and O–H groups in total. The second kappa shape index (κ2) is 11.7. The predicted octanol–water partition coefficient (Wildman–Crippen LogP) is 4.94. The van der Waals surface area contributed by atoms with E-state index in [2.05, 4.69) is 37.3 Å². The summed E-state index contributed by atoms with van der Waals surface area (Å²) in [6.07, 6.45) is 4.94. The molecule has 3 aromatic heterocycles. The maximum absolute atomic E-state index is 15.2. The fourth-order valence-electron chi connectivity index (χ4n) is 5.30. The average molecular weight is 559 g/mol. The molecule has 1 aliphatic heterocycles. The second-order valence-corrected chi connectivity index (χ2v) is 10.2. The molecule has 1 amide bonds. The minimum atomic E-state index is -0.934. The maximum atomic E-state index is 15.2. The Morgan fingerprint density at radius 2 is 1.79 bits per heavy atom. The third kappa shape index (κ3) is 5.64. The normalized spacial score (nSPS) is 14.0. The molecular weight excluding hydrogens is 531 g/mol. The number of anilines is 1. The summed E-state index contributed by atoms with van der Waals surface area (Å²) in [6, 6.07) is 23.8. The van der Waals surface area contributed by atoms with E-state index in [1.807, 2.05) is 54.6 Å². The summed E-state index contributed by atoms with van der Waals surface area (Å²) >= 11 is 0. The summed E-state index contributed by atoms with van der Waals surface area (Å²) in [5.41, 5.74) is 9.34. The Bertz CT molecular complexity index is 1800. The van der Waals surface area contributed by atoms with Gasteiger partial charge in [-0.25, -0.2) is 24.3 Å². The lowest BCUT2D eigenvalue weighted by atomic mass is 9.97. The zero-order valence-electron chi connectivity index (χ0n) is 22.7. The molecule has 0 atom stereocenters. The molecule has 0 bridgehead atoms. The van der Waals surface area contributed by atoms with E-state index in [-0.39, 0.29) is 17.4 Å². The molecule has 0 radical (unpaired) electrons. The Kier molecular flexibility index (Phi) is 7.49. The molecule has 5 aromatic rings. The van der Waals surface area contributed by atoms with Crippen molar-refractivity contribution in [2.45, 2.75) is 25.4 Å². The first kappa shape index (κ1) is 26.9. The Hall–Kier alpha value is -5.27. The van der Waals surface area contributed by atoms with Gasteiger partial charge in [0.05, 0.1) is 5.69 Å². The Morgan fingerprint density at radius 3 is 2.50 bits per heavy atom. The number of pyridine rings is 2. The maximum Gasteiger partial charge on any atom is 0.270 e. The zero-order chi connectivity index (χ0) is 29.1. The number of benzene rings is 2. The SMILES string of the molecule is N#Cc1nccc(NC2CCN(Cc3ccc(-c4nc5c(F)c(C(N)=O)ncc5cc4-c4ccccc4)cc3)CC2)n1. The number of aromatic nitrogens is 4. The lowest BCUT2D eigenvalue weighted by molar-refractivity contribution is 0.0991. The fourth-order valence-corrected chi connectivity index (χ4v) is 5.30. The van der Waals surface area contributed by atoms with Gasteiger partial charge in [-0.05, 0) is 36.1 Å². The predicted molar refractivity (Wildman–Crippen MR) is 158 cm³/mol. The second-order valence-electron chi connectivity index (χ2n) is 10.2. The van der Waals surface area contributed by atoms with Gasteiger partial charge in [-0.2, -0.15) is 5.26 Å².